The van der Waals surface area contributed by atoms with Gasteiger partial charge < -0.3 is 15.6 Å². The van der Waals surface area contributed by atoms with Gasteiger partial charge in [-0.25, -0.2) is 4.39 Å². The maximum atomic E-state index is 13.1. The molecule has 0 aliphatic carbocycles. The van der Waals surface area contributed by atoms with Gasteiger partial charge >= 0.3 is 0 Å². The molecule has 0 aliphatic heterocycles. The van der Waals surface area contributed by atoms with E-state index in [1.54, 1.807) is 25.3 Å². The van der Waals surface area contributed by atoms with Crippen molar-refractivity contribution in [1.82, 2.24) is 0 Å². The Balaban J connectivity index is 2.57. The molecule has 0 aromatic heterocycles. The molecule has 0 fully saturated rings. The molecular weight excluding hydrogens is 281 g/mol. The third-order valence-electron chi connectivity index (χ3n) is 3.73. The van der Waals surface area contributed by atoms with Gasteiger partial charge in [-0.05, 0) is 40.8 Å². The van der Waals surface area contributed by atoms with Gasteiger partial charge in [-0.15, -0.1) is 0 Å². The van der Waals surface area contributed by atoms with Crippen molar-refractivity contribution in [2.45, 2.75) is 32.3 Å². The van der Waals surface area contributed by atoms with Crippen LogP contribution in [0.5, 0.6) is 5.75 Å². The summed E-state index contributed by atoms with van der Waals surface area (Å²) in [5, 5.41) is 10.3. The van der Waals surface area contributed by atoms with Crippen molar-refractivity contribution < 1.29 is 14.2 Å². The molecule has 0 amide bonds. The second-order valence-corrected chi connectivity index (χ2v) is 6.42. The molecule has 0 radical (unpaired) electrons. The SMILES string of the molecule is COC(c1ccc(F)cc1)c1cc(C(C)(C)C)cc(N)c1O. The fourth-order valence-electron chi connectivity index (χ4n) is 2.39. The van der Waals surface area contributed by atoms with E-state index in [1.165, 1.54) is 12.1 Å². The lowest BCUT2D eigenvalue weighted by atomic mass is 9.84. The first-order valence-corrected chi connectivity index (χ1v) is 7.15. The van der Waals surface area contributed by atoms with Gasteiger partial charge in [0.1, 0.15) is 17.7 Å². The molecule has 0 bridgehead atoms. The quantitative estimate of drug-likeness (QED) is 0.661. The number of ether oxygens (including phenoxy) is 1. The lowest BCUT2D eigenvalue weighted by Crippen LogP contribution is -2.14. The summed E-state index contributed by atoms with van der Waals surface area (Å²) in [5.74, 6) is -0.310. The average molecular weight is 303 g/mol. The molecule has 0 heterocycles. The Morgan fingerprint density at radius 2 is 1.73 bits per heavy atom. The lowest BCUT2D eigenvalue weighted by molar-refractivity contribution is 0.134. The minimum atomic E-state index is -0.509. The number of phenolic OH excluding ortho intramolecular Hbond substituents is 1. The van der Waals surface area contributed by atoms with Crippen molar-refractivity contribution in [1.29, 1.82) is 0 Å². The van der Waals surface area contributed by atoms with Crippen molar-refractivity contribution in [2.24, 2.45) is 0 Å². The zero-order valence-electron chi connectivity index (χ0n) is 13.4. The fraction of sp³-hybridized carbons (Fsp3) is 0.333. The fourth-order valence-corrected chi connectivity index (χ4v) is 2.39. The van der Waals surface area contributed by atoms with Gasteiger partial charge in [-0.1, -0.05) is 32.9 Å². The standard InChI is InChI=1S/C18H22FNO2/c1-18(2,3)12-9-14(16(21)15(20)10-12)17(22-4)11-5-7-13(19)8-6-11/h5-10,17,21H,20H2,1-4H3. The maximum Gasteiger partial charge on any atom is 0.144 e. The maximum absolute atomic E-state index is 13.1. The molecular formula is C18H22FNO2. The second-order valence-electron chi connectivity index (χ2n) is 6.42. The highest BCUT2D eigenvalue weighted by molar-refractivity contribution is 5.60. The molecule has 0 saturated heterocycles. The van der Waals surface area contributed by atoms with Crippen molar-refractivity contribution in [2.75, 3.05) is 12.8 Å². The van der Waals surface area contributed by atoms with Crippen LogP contribution in [0.25, 0.3) is 0 Å². The highest BCUT2D eigenvalue weighted by atomic mass is 19.1. The Morgan fingerprint density at radius 1 is 1.14 bits per heavy atom. The molecule has 118 valence electrons. The molecule has 4 heteroatoms. The molecule has 2 rings (SSSR count). The van der Waals surface area contributed by atoms with Crippen LogP contribution in [0.4, 0.5) is 10.1 Å². The van der Waals surface area contributed by atoms with E-state index in [4.69, 9.17) is 10.5 Å². The molecule has 3 nitrogen and oxygen atoms in total. The van der Waals surface area contributed by atoms with Gasteiger partial charge in [-0.3, -0.25) is 0 Å². The van der Waals surface area contributed by atoms with Gasteiger partial charge in [0, 0.05) is 12.7 Å². The van der Waals surface area contributed by atoms with E-state index in [2.05, 4.69) is 20.8 Å². The third kappa shape index (κ3) is 3.22. The van der Waals surface area contributed by atoms with Crippen LogP contribution in [0.3, 0.4) is 0 Å². The van der Waals surface area contributed by atoms with E-state index in [1.807, 2.05) is 6.07 Å². The van der Waals surface area contributed by atoms with Crippen LogP contribution < -0.4 is 5.73 Å². The third-order valence-corrected chi connectivity index (χ3v) is 3.73. The predicted molar refractivity (Wildman–Crippen MR) is 86.5 cm³/mol. The van der Waals surface area contributed by atoms with Crippen LogP contribution >= 0.6 is 0 Å². The van der Waals surface area contributed by atoms with Gasteiger partial charge in [0.25, 0.3) is 0 Å². The molecule has 22 heavy (non-hydrogen) atoms. The highest BCUT2D eigenvalue weighted by Crippen LogP contribution is 2.39. The number of anilines is 1. The molecule has 2 aromatic carbocycles. The molecule has 1 unspecified atom stereocenters. The minimum Gasteiger partial charge on any atom is -0.505 e. The normalized spacial score (nSPS) is 13.1. The number of methoxy groups -OCH3 is 1. The summed E-state index contributed by atoms with van der Waals surface area (Å²) in [5.41, 5.74) is 8.48. The van der Waals surface area contributed by atoms with Crippen molar-refractivity contribution in [3.05, 3.63) is 58.9 Å². The number of hydrogen-bond donors (Lipinski definition) is 2. The summed E-state index contributed by atoms with van der Waals surface area (Å²) in [6, 6.07) is 9.69. The number of nitrogens with two attached hydrogens (primary N) is 1. The van der Waals surface area contributed by atoms with Crippen LogP contribution in [-0.2, 0) is 10.2 Å². The summed E-state index contributed by atoms with van der Waals surface area (Å²) in [7, 11) is 1.55. The van der Waals surface area contributed by atoms with Crippen molar-refractivity contribution in [3.8, 4) is 5.75 Å². The van der Waals surface area contributed by atoms with E-state index in [0.717, 1.165) is 11.1 Å². The molecule has 2 aromatic rings. The number of aromatic hydroxyl groups is 1. The number of halogens is 1. The molecule has 1 atom stereocenters. The van der Waals surface area contributed by atoms with Crippen LogP contribution in [0.1, 0.15) is 43.6 Å². The van der Waals surface area contributed by atoms with E-state index in [-0.39, 0.29) is 17.0 Å². The molecule has 0 aliphatic rings. The molecule has 0 spiro atoms. The van der Waals surface area contributed by atoms with E-state index in [0.29, 0.717) is 11.3 Å². The Hall–Kier alpha value is -2.07. The number of rotatable bonds is 3. The number of phenols is 1. The summed E-state index contributed by atoms with van der Waals surface area (Å²) in [6.45, 7) is 6.22. The zero-order valence-corrected chi connectivity index (χ0v) is 13.4. The Labute approximate surface area is 130 Å². The van der Waals surface area contributed by atoms with Gasteiger partial charge in [0.15, 0.2) is 0 Å². The zero-order chi connectivity index (χ0) is 16.5. The number of nitrogen functional groups attached to an aromatic ring is 1. The number of benzene rings is 2. The van der Waals surface area contributed by atoms with E-state index < -0.39 is 6.10 Å². The Bertz CT molecular complexity index is 660. The van der Waals surface area contributed by atoms with Gasteiger partial charge in [0.05, 0.1) is 5.69 Å². The van der Waals surface area contributed by atoms with Crippen molar-refractivity contribution in [3.63, 3.8) is 0 Å². The summed E-state index contributed by atoms with van der Waals surface area (Å²) < 4.78 is 18.6. The van der Waals surface area contributed by atoms with Crippen LogP contribution in [-0.4, -0.2) is 12.2 Å². The minimum absolute atomic E-state index is 0.00387. The van der Waals surface area contributed by atoms with Gasteiger partial charge in [-0.2, -0.15) is 0 Å². The average Bonchev–Trinajstić information content (AvgIpc) is 2.44. The summed E-state index contributed by atoms with van der Waals surface area (Å²) in [4.78, 5) is 0. The van der Waals surface area contributed by atoms with Crippen LogP contribution in [0.15, 0.2) is 36.4 Å². The summed E-state index contributed by atoms with van der Waals surface area (Å²) >= 11 is 0. The largest absolute Gasteiger partial charge is 0.505 e. The highest BCUT2D eigenvalue weighted by Gasteiger charge is 2.23. The first kappa shape index (κ1) is 16.3. The van der Waals surface area contributed by atoms with Gasteiger partial charge in [0.2, 0.25) is 0 Å². The Morgan fingerprint density at radius 3 is 2.23 bits per heavy atom. The first-order chi connectivity index (χ1) is 10.2. The van der Waals surface area contributed by atoms with Crippen LogP contribution in [0.2, 0.25) is 0 Å². The van der Waals surface area contributed by atoms with Crippen LogP contribution in [0, 0.1) is 5.82 Å². The van der Waals surface area contributed by atoms with E-state index >= 15 is 0 Å². The number of hydrogen-bond acceptors (Lipinski definition) is 3. The Kier molecular flexibility index (Phi) is 4.42. The lowest BCUT2D eigenvalue weighted by Gasteiger charge is -2.24. The monoisotopic (exact) mass is 303 g/mol. The second kappa shape index (κ2) is 5.97. The molecule has 0 saturated carbocycles. The smallest absolute Gasteiger partial charge is 0.144 e. The predicted octanol–water partition coefficient (Wildman–Crippen LogP) is 4.15. The molecule has 3 N–H and O–H groups in total. The topological polar surface area (TPSA) is 55.5 Å². The first-order valence-electron chi connectivity index (χ1n) is 7.15. The summed E-state index contributed by atoms with van der Waals surface area (Å²) in [6.07, 6.45) is -0.509. The van der Waals surface area contributed by atoms with Crippen molar-refractivity contribution >= 4 is 5.69 Å². The van der Waals surface area contributed by atoms with E-state index in [9.17, 15) is 9.50 Å².